The molecule has 0 aromatic heterocycles. The molecule has 0 amide bonds. The maximum Gasteiger partial charge on any atom is 0.472 e. The summed E-state index contributed by atoms with van der Waals surface area (Å²) in [5.74, 6) is -0.931. The Kier molecular flexibility index (Phi) is 40.5. The van der Waals surface area contributed by atoms with E-state index in [4.69, 9.17) is 23.6 Å². The molecule has 0 saturated heterocycles. The van der Waals surface area contributed by atoms with E-state index in [0.29, 0.717) is 12.8 Å². The Morgan fingerprint density at radius 3 is 1.29 bits per heavy atom. The summed E-state index contributed by atoms with van der Waals surface area (Å²) in [6.45, 7) is 2.38. The highest BCUT2D eigenvalue weighted by Crippen LogP contribution is 2.43. The monoisotopic (exact) mass is 817 g/mol. The van der Waals surface area contributed by atoms with Gasteiger partial charge in [-0.1, -0.05) is 160 Å². The zero-order chi connectivity index (χ0) is 41.2. The van der Waals surface area contributed by atoms with Crippen LogP contribution < -0.4 is 0 Å². The summed E-state index contributed by atoms with van der Waals surface area (Å²) in [4.78, 5) is 35.0. The van der Waals surface area contributed by atoms with E-state index >= 15 is 0 Å². The molecule has 11 heteroatoms. The molecule has 0 aliphatic carbocycles. The molecule has 330 valence electrons. The molecule has 0 spiro atoms. The van der Waals surface area contributed by atoms with Crippen molar-refractivity contribution >= 4 is 19.8 Å². The van der Waals surface area contributed by atoms with Gasteiger partial charge in [0.15, 0.2) is 6.10 Å². The third-order valence-corrected chi connectivity index (χ3v) is 10.8. The topological polar surface area (TPSA) is 149 Å². The molecule has 0 rings (SSSR count). The number of rotatable bonds is 43. The van der Waals surface area contributed by atoms with E-state index in [9.17, 15) is 24.2 Å². The average molecular weight is 817 g/mol. The SMILES string of the molecule is CCCCCCC/C=C/CCCCCCCC(=O)OC[C@H](COP(=O)(O)OC[C@@H](O)CO)OC(=O)CCCCCCCCCCC/C=C/CCCCCCCC. The van der Waals surface area contributed by atoms with Crippen molar-refractivity contribution in [2.24, 2.45) is 0 Å². The molecule has 10 nitrogen and oxygen atoms in total. The van der Waals surface area contributed by atoms with E-state index in [2.05, 4.69) is 38.2 Å². The van der Waals surface area contributed by atoms with Crippen LogP contribution >= 0.6 is 7.82 Å². The Bertz CT molecular complexity index is 988. The number of ether oxygens (including phenoxy) is 2. The third kappa shape index (κ3) is 40.6. The second kappa shape index (κ2) is 41.6. The van der Waals surface area contributed by atoms with Crippen molar-refractivity contribution in [1.82, 2.24) is 0 Å². The largest absolute Gasteiger partial charge is 0.472 e. The van der Waals surface area contributed by atoms with Crippen molar-refractivity contribution < 1.29 is 47.8 Å². The molecule has 0 aliphatic heterocycles. The van der Waals surface area contributed by atoms with Crippen LogP contribution in [0.5, 0.6) is 0 Å². The minimum Gasteiger partial charge on any atom is -0.462 e. The number of aliphatic hydroxyl groups excluding tert-OH is 2. The Labute approximate surface area is 342 Å². The number of phosphoric acid groups is 1. The van der Waals surface area contributed by atoms with Crippen LogP contribution in [-0.4, -0.2) is 65.7 Å². The summed E-state index contributed by atoms with van der Waals surface area (Å²) in [5.41, 5.74) is 0. The van der Waals surface area contributed by atoms with Crippen LogP contribution in [0.2, 0.25) is 0 Å². The van der Waals surface area contributed by atoms with E-state index in [1.807, 2.05) is 0 Å². The van der Waals surface area contributed by atoms with Crippen LogP contribution in [-0.2, 0) is 32.7 Å². The van der Waals surface area contributed by atoms with Gasteiger partial charge < -0.3 is 24.6 Å². The molecule has 3 atom stereocenters. The number of carbonyl (C=O) groups excluding carboxylic acids is 2. The van der Waals surface area contributed by atoms with Gasteiger partial charge in [0.05, 0.1) is 19.8 Å². The number of esters is 2. The third-order valence-electron chi connectivity index (χ3n) is 9.83. The Morgan fingerprint density at radius 2 is 0.875 bits per heavy atom. The molecule has 3 N–H and O–H groups in total. The lowest BCUT2D eigenvalue weighted by Crippen LogP contribution is -2.29. The zero-order valence-corrected chi connectivity index (χ0v) is 36.8. The number of aliphatic hydroxyl groups is 2. The number of hydrogen-bond acceptors (Lipinski definition) is 9. The number of carbonyl (C=O) groups is 2. The molecule has 1 unspecified atom stereocenters. The maximum atomic E-state index is 12.6. The number of hydrogen-bond donors (Lipinski definition) is 3. The summed E-state index contributed by atoms with van der Waals surface area (Å²) in [5, 5.41) is 18.3. The molecular formula is C45H85O10P. The molecule has 0 fully saturated rings. The van der Waals surface area contributed by atoms with Crippen LogP contribution in [0.25, 0.3) is 0 Å². The Morgan fingerprint density at radius 1 is 0.518 bits per heavy atom. The predicted molar refractivity (Wildman–Crippen MR) is 228 cm³/mol. The summed E-state index contributed by atoms with van der Waals surface area (Å²) < 4.78 is 32.7. The number of unbranched alkanes of at least 4 members (excludes halogenated alkanes) is 25. The zero-order valence-electron chi connectivity index (χ0n) is 35.9. The summed E-state index contributed by atoms with van der Waals surface area (Å²) in [6, 6.07) is 0. The quantitative estimate of drug-likeness (QED) is 0.0235. The van der Waals surface area contributed by atoms with Crippen molar-refractivity contribution in [1.29, 1.82) is 0 Å². The first-order valence-corrected chi connectivity index (χ1v) is 24.3. The molecule has 0 radical (unpaired) electrons. The van der Waals surface area contributed by atoms with Gasteiger partial charge in [-0.3, -0.25) is 18.6 Å². The number of allylic oxidation sites excluding steroid dienone is 4. The van der Waals surface area contributed by atoms with Crippen LogP contribution in [0.1, 0.15) is 213 Å². The molecule has 0 bridgehead atoms. The van der Waals surface area contributed by atoms with Crippen molar-refractivity contribution in [3.63, 3.8) is 0 Å². The molecule has 56 heavy (non-hydrogen) atoms. The second-order valence-corrected chi connectivity index (χ2v) is 16.9. The van der Waals surface area contributed by atoms with Crippen molar-refractivity contribution in [3.8, 4) is 0 Å². The standard InChI is InChI=1S/C45H85O10P/c1-3-5-7-9-11-13-15-17-19-20-21-22-23-25-27-29-31-33-35-37-45(49)55-43(41-54-56(50,51)53-39-42(47)38-46)40-52-44(48)36-34-32-30-28-26-24-18-16-14-12-10-8-6-4-2/h16-19,42-43,46-47H,3-15,20-41H2,1-2H3,(H,50,51)/b18-16+,19-17+/t42-,43+/m0/s1. The Balaban J connectivity index is 4.25. The van der Waals surface area contributed by atoms with Gasteiger partial charge in [-0.05, 0) is 64.2 Å². The Hall–Kier alpha value is -1.55. The number of phosphoric ester groups is 1. The van der Waals surface area contributed by atoms with E-state index in [-0.39, 0.29) is 19.4 Å². The van der Waals surface area contributed by atoms with Crippen molar-refractivity contribution in [2.45, 2.75) is 225 Å². The lowest BCUT2D eigenvalue weighted by Gasteiger charge is -2.20. The average Bonchev–Trinajstić information content (AvgIpc) is 3.19. The van der Waals surface area contributed by atoms with Crippen LogP contribution in [0, 0.1) is 0 Å². The first-order chi connectivity index (χ1) is 27.2. The summed E-state index contributed by atoms with van der Waals surface area (Å²) in [7, 11) is -4.62. The highest BCUT2D eigenvalue weighted by Gasteiger charge is 2.27. The van der Waals surface area contributed by atoms with Crippen molar-refractivity contribution in [2.75, 3.05) is 26.4 Å². The van der Waals surface area contributed by atoms with Gasteiger partial charge in [-0.15, -0.1) is 0 Å². The van der Waals surface area contributed by atoms with Gasteiger partial charge in [0.1, 0.15) is 12.7 Å². The van der Waals surface area contributed by atoms with Crippen LogP contribution in [0.3, 0.4) is 0 Å². The predicted octanol–water partition coefficient (Wildman–Crippen LogP) is 12.2. The fourth-order valence-corrected chi connectivity index (χ4v) is 7.07. The first-order valence-electron chi connectivity index (χ1n) is 22.8. The molecule has 0 aliphatic rings. The lowest BCUT2D eigenvalue weighted by atomic mass is 10.1. The van der Waals surface area contributed by atoms with E-state index in [0.717, 1.165) is 57.8 Å². The normalized spacial score (nSPS) is 14.0. The molecule has 0 aromatic carbocycles. The highest BCUT2D eigenvalue weighted by molar-refractivity contribution is 7.47. The fraction of sp³-hybridized carbons (Fsp3) is 0.867. The smallest absolute Gasteiger partial charge is 0.462 e. The minimum absolute atomic E-state index is 0.182. The van der Waals surface area contributed by atoms with Crippen LogP contribution in [0.4, 0.5) is 0 Å². The summed E-state index contributed by atoms with van der Waals surface area (Å²) >= 11 is 0. The van der Waals surface area contributed by atoms with Gasteiger partial charge in [0.2, 0.25) is 0 Å². The van der Waals surface area contributed by atoms with Gasteiger partial charge >= 0.3 is 19.8 Å². The lowest BCUT2D eigenvalue weighted by molar-refractivity contribution is -0.161. The molecule has 0 aromatic rings. The first kappa shape index (κ1) is 54.5. The van der Waals surface area contributed by atoms with E-state index in [1.165, 1.54) is 116 Å². The van der Waals surface area contributed by atoms with E-state index in [1.54, 1.807) is 0 Å². The van der Waals surface area contributed by atoms with E-state index < -0.39 is 51.8 Å². The van der Waals surface area contributed by atoms with Crippen LogP contribution in [0.15, 0.2) is 24.3 Å². The fourth-order valence-electron chi connectivity index (χ4n) is 6.28. The minimum atomic E-state index is -4.62. The summed E-state index contributed by atoms with van der Waals surface area (Å²) in [6.07, 6.45) is 41.4. The second-order valence-electron chi connectivity index (χ2n) is 15.4. The van der Waals surface area contributed by atoms with Gasteiger partial charge in [0, 0.05) is 12.8 Å². The highest BCUT2D eigenvalue weighted by atomic mass is 31.2. The van der Waals surface area contributed by atoms with Gasteiger partial charge in [-0.2, -0.15) is 0 Å². The van der Waals surface area contributed by atoms with Gasteiger partial charge in [-0.25, -0.2) is 4.57 Å². The molecular weight excluding hydrogens is 731 g/mol. The molecule has 0 saturated carbocycles. The van der Waals surface area contributed by atoms with Gasteiger partial charge in [0.25, 0.3) is 0 Å². The molecule has 0 heterocycles. The van der Waals surface area contributed by atoms with Crippen molar-refractivity contribution in [3.05, 3.63) is 24.3 Å². The maximum absolute atomic E-state index is 12.6.